The van der Waals surface area contributed by atoms with Crippen molar-refractivity contribution in [2.24, 2.45) is 5.73 Å². The minimum Gasteiger partial charge on any atom is -0.497 e. The molecule has 0 saturated carbocycles. The van der Waals surface area contributed by atoms with Crippen molar-refractivity contribution in [3.63, 3.8) is 0 Å². The van der Waals surface area contributed by atoms with Crippen molar-refractivity contribution in [2.45, 2.75) is 38.5 Å². The van der Waals surface area contributed by atoms with Gasteiger partial charge in [0.2, 0.25) is 0 Å². The van der Waals surface area contributed by atoms with E-state index in [9.17, 15) is 0 Å². The number of benzene rings is 1. The van der Waals surface area contributed by atoms with Crippen molar-refractivity contribution >= 4 is 0 Å². The van der Waals surface area contributed by atoms with Crippen LogP contribution < -0.4 is 15.2 Å². The van der Waals surface area contributed by atoms with E-state index < -0.39 is 0 Å². The second kappa shape index (κ2) is 5.77. The fourth-order valence-electron chi connectivity index (χ4n) is 2.71. The number of rotatable bonds is 4. The quantitative estimate of drug-likeness (QED) is 0.939. The zero-order chi connectivity index (χ0) is 14.8. The fourth-order valence-corrected chi connectivity index (χ4v) is 2.71. The Kier molecular flexibility index (Phi) is 3.84. The average Bonchev–Trinajstić information content (AvgIpc) is 2.96. The number of hydrogen-bond acceptors (Lipinski definition) is 4. The highest BCUT2D eigenvalue weighted by molar-refractivity contribution is 5.44. The highest BCUT2D eigenvalue weighted by Crippen LogP contribution is 2.40. The molecule has 3 rings (SSSR count). The maximum atomic E-state index is 6.30. The summed E-state index contributed by atoms with van der Waals surface area (Å²) in [5, 5.41) is 4.37. The number of aromatic nitrogens is 2. The first-order chi connectivity index (χ1) is 10.2. The van der Waals surface area contributed by atoms with Crippen LogP contribution in [0.3, 0.4) is 0 Å². The standard InChI is InChI=1S/C16H21N3O2/c1-3-6-19-10-11(9-18-19)16-8-14(17)13-7-12(20-2)4-5-15(13)21-16/h4-5,7,9-10,14,16H,3,6,8,17H2,1-2H3/t14-,16?/m0/s1. The molecule has 1 aliphatic rings. The molecule has 2 N–H and O–H groups in total. The molecule has 112 valence electrons. The molecular weight excluding hydrogens is 266 g/mol. The predicted octanol–water partition coefficient (Wildman–Crippen LogP) is 2.83. The molecule has 5 nitrogen and oxygen atoms in total. The molecule has 1 aliphatic heterocycles. The van der Waals surface area contributed by atoms with Crippen LogP contribution in [0.5, 0.6) is 11.5 Å². The average molecular weight is 287 g/mol. The summed E-state index contributed by atoms with van der Waals surface area (Å²) in [7, 11) is 1.65. The van der Waals surface area contributed by atoms with Gasteiger partial charge in [0.05, 0.1) is 13.3 Å². The number of nitrogens with zero attached hydrogens (tertiary/aromatic N) is 2. The molecule has 2 atom stereocenters. The van der Waals surface area contributed by atoms with Crippen LogP contribution in [0, 0.1) is 0 Å². The summed E-state index contributed by atoms with van der Waals surface area (Å²) in [5.74, 6) is 1.64. The van der Waals surface area contributed by atoms with E-state index in [1.54, 1.807) is 7.11 Å². The SMILES string of the molecule is CCCn1cc(C2C[C@H](N)c3cc(OC)ccc3O2)cn1. The lowest BCUT2D eigenvalue weighted by Gasteiger charge is -2.30. The molecule has 2 aromatic rings. The van der Waals surface area contributed by atoms with Crippen LogP contribution in [0.15, 0.2) is 30.6 Å². The Morgan fingerprint density at radius 2 is 2.33 bits per heavy atom. The largest absolute Gasteiger partial charge is 0.497 e. The van der Waals surface area contributed by atoms with Crippen molar-refractivity contribution in [2.75, 3.05) is 7.11 Å². The fraction of sp³-hybridized carbons (Fsp3) is 0.438. The van der Waals surface area contributed by atoms with E-state index in [0.717, 1.165) is 42.0 Å². The summed E-state index contributed by atoms with van der Waals surface area (Å²) in [5.41, 5.74) is 8.39. The van der Waals surface area contributed by atoms with Crippen LogP contribution in [-0.2, 0) is 6.54 Å². The first kappa shape index (κ1) is 13.9. The van der Waals surface area contributed by atoms with E-state index in [4.69, 9.17) is 15.2 Å². The first-order valence-corrected chi connectivity index (χ1v) is 7.33. The third kappa shape index (κ3) is 2.74. The summed E-state index contributed by atoms with van der Waals surface area (Å²) < 4.78 is 13.3. The molecule has 2 heterocycles. The number of ether oxygens (including phenoxy) is 2. The highest BCUT2D eigenvalue weighted by atomic mass is 16.5. The maximum absolute atomic E-state index is 6.30. The van der Waals surface area contributed by atoms with Crippen molar-refractivity contribution in [1.82, 2.24) is 9.78 Å². The Labute approximate surface area is 124 Å². The molecule has 21 heavy (non-hydrogen) atoms. The first-order valence-electron chi connectivity index (χ1n) is 7.33. The molecule has 0 radical (unpaired) electrons. The van der Waals surface area contributed by atoms with E-state index in [0.29, 0.717) is 0 Å². The van der Waals surface area contributed by atoms with Gasteiger partial charge >= 0.3 is 0 Å². The van der Waals surface area contributed by atoms with E-state index in [-0.39, 0.29) is 12.1 Å². The summed E-state index contributed by atoms with van der Waals surface area (Å²) in [6.07, 6.45) is 5.70. The minimum absolute atomic E-state index is 0.0356. The molecule has 0 amide bonds. The Morgan fingerprint density at radius 3 is 3.10 bits per heavy atom. The summed E-state index contributed by atoms with van der Waals surface area (Å²) in [6, 6.07) is 5.73. The Morgan fingerprint density at radius 1 is 1.48 bits per heavy atom. The predicted molar refractivity (Wildman–Crippen MR) is 80.4 cm³/mol. The maximum Gasteiger partial charge on any atom is 0.129 e. The van der Waals surface area contributed by atoms with Gasteiger partial charge in [0.15, 0.2) is 0 Å². The Bertz CT molecular complexity index is 624. The van der Waals surface area contributed by atoms with Gasteiger partial charge in [-0.3, -0.25) is 4.68 Å². The van der Waals surface area contributed by atoms with Gasteiger partial charge in [0.1, 0.15) is 17.6 Å². The zero-order valence-electron chi connectivity index (χ0n) is 12.5. The van der Waals surface area contributed by atoms with Gasteiger partial charge in [-0.1, -0.05) is 6.92 Å². The summed E-state index contributed by atoms with van der Waals surface area (Å²) in [6.45, 7) is 3.06. The van der Waals surface area contributed by atoms with Crippen LogP contribution in [0.25, 0.3) is 0 Å². The molecule has 5 heteroatoms. The number of fused-ring (bicyclic) bond motifs is 1. The van der Waals surface area contributed by atoms with Crippen molar-refractivity contribution < 1.29 is 9.47 Å². The number of aryl methyl sites for hydroxylation is 1. The number of nitrogens with two attached hydrogens (primary N) is 1. The molecule has 1 aromatic heterocycles. The number of methoxy groups -OCH3 is 1. The molecular formula is C16H21N3O2. The summed E-state index contributed by atoms with van der Waals surface area (Å²) in [4.78, 5) is 0. The van der Waals surface area contributed by atoms with Gasteiger partial charge in [0, 0.05) is 36.3 Å². The lowest BCUT2D eigenvalue weighted by atomic mass is 9.95. The Balaban J connectivity index is 1.83. The number of hydrogen-bond donors (Lipinski definition) is 1. The van der Waals surface area contributed by atoms with Gasteiger partial charge in [-0.15, -0.1) is 0 Å². The van der Waals surface area contributed by atoms with Gasteiger partial charge in [-0.2, -0.15) is 5.10 Å². The third-order valence-electron chi connectivity index (χ3n) is 3.83. The van der Waals surface area contributed by atoms with E-state index >= 15 is 0 Å². The van der Waals surface area contributed by atoms with Crippen LogP contribution in [0.2, 0.25) is 0 Å². The molecule has 0 spiro atoms. The molecule has 1 aromatic carbocycles. The smallest absolute Gasteiger partial charge is 0.129 e. The zero-order valence-corrected chi connectivity index (χ0v) is 12.5. The van der Waals surface area contributed by atoms with Crippen LogP contribution in [0.4, 0.5) is 0 Å². The second-order valence-corrected chi connectivity index (χ2v) is 5.39. The molecule has 0 saturated heterocycles. The van der Waals surface area contributed by atoms with Crippen molar-refractivity contribution in [1.29, 1.82) is 0 Å². The van der Waals surface area contributed by atoms with Crippen LogP contribution >= 0.6 is 0 Å². The third-order valence-corrected chi connectivity index (χ3v) is 3.83. The van der Waals surface area contributed by atoms with Gasteiger partial charge in [-0.05, 0) is 24.6 Å². The van der Waals surface area contributed by atoms with Gasteiger partial charge < -0.3 is 15.2 Å². The monoisotopic (exact) mass is 287 g/mol. The Hall–Kier alpha value is -2.01. The lowest BCUT2D eigenvalue weighted by molar-refractivity contribution is 0.161. The molecule has 0 bridgehead atoms. The molecule has 0 fully saturated rings. The van der Waals surface area contributed by atoms with Gasteiger partial charge in [-0.25, -0.2) is 0 Å². The lowest BCUT2D eigenvalue weighted by Crippen LogP contribution is -2.24. The highest BCUT2D eigenvalue weighted by Gasteiger charge is 2.28. The molecule has 0 aliphatic carbocycles. The van der Waals surface area contributed by atoms with E-state index in [2.05, 4.69) is 18.2 Å². The minimum atomic E-state index is -0.0524. The van der Waals surface area contributed by atoms with E-state index in [1.165, 1.54) is 0 Å². The second-order valence-electron chi connectivity index (χ2n) is 5.39. The van der Waals surface area contributed by atoms with Crippen LogP contribution in [-0.4, -0.2) is 16.9 Å². The van der Waals surface area contributed by atoms with E-state index in [1.807, 2.05) is 29.1 Å². The van der Waals surface area contributed by atoms with Gasteiger partial charge in [0.25, 0.3) is 0 Å². The summed E-state index contributed by atoms with van der Waals surface area (Å²) >= 11 is 0. The molecule has 1 unspecified atom stereocenters. The topological polar surface area (TPSA) is 62.3 Å². The van der Waals surface area contributed by atoms with Crippen molar-refractivity contribution in [3.8, 4) is 11.5 Å². The van der Waals surface area contributed by atoms with Crippen LogP contribution in [0.1, 0.15) is 43.0 Å². The normalized spacial score (nSPS) is 20.7. The van der Waals surface area contributed by atoms with Crippen molar-refractivity contribution in [3.05, 3.63) is 41.7 Å².